The van der Waals surface area contributed by atoms with E-state index in [0.717, 1.165) is 6.29 Å². The molecule has 0 radical (unpaired) electrons. The van der Waals surface area contributed by atoms with Gasteiger partial charge in [0, 0.05) is 5.38 Å². The zero-order chi connectivity index (χ0) is 8.81. The van der Waals surface area contributed by atoms with Gasteiger partial charge in [-0.2, -0.15) is 0 Å². The molecule has 3 nitrogen and oxygen atoms in total. The Labute approximate surface area is 74.1 Å². The van der Waals surface area contributed by atoms with E-state index in [-0.39, 0.29) is 13.0 Å². The van der Waals surface area contributed by atoms with Gasteiger partial charge < -0.3 is 9.90 Å². The average Bonchev–Trinajstić information content (AvgIpc) is 2.53. The van der Waals surface area contributed by atoms with Crippen LogP contribution in [0.2, 0.25) is 0 Å². The Morgan fingerprint density at radius 2 is 2.58 bits per heavy atom. The molecule has 0 amide bonds. The normalized spacial score (nSPS) is 8.75. The lowest BCUT2D eigenvalue weighted by atomic mass is 10.4. The summed E-state index contributed by atoms with van der Waals surface area (Å²) in [6.45, 7) is -0.0636. The van der Waals surface area contributed by atoms with Crippen LogP contribution in [0.25, 0.3) is 0 Å². The first-order valence-electron chi connectivity index (χ1n) is 3.34. The number of hydrogen-bond donors (Lipinski definition) is 1. The van der Waals surface area contributed by atoms with Crippen LogP contribution >= 0.6 is 11.3 Å². The highest BCUT2D eigenvalue weighted by Gasteiger charge is 1.95. The second-order valence-corrected chi connectivity index (χ2v) is 2.83. The van der Waals surface area contributed by atoms with Gasteiger partial charge in [0.2, 0.25) is 0 Å². The van der Waals surface area contributed by atoms with Crippen LogP contribution in [0.3, 0.4) is 0 Å². The number of aromatic nitrogens is 1. The van der Waals surface area contributed by atoms with E-state index in [1.807, 2.05) is 0 Å². The SMILES string of the molecule is O=CCC#Cc1nc(CO)cs1. The minimum Gasteiger partial charge on any atom is -0.390 e. The van der Waals surface area contributed by atoms with Gasteiger partial charge in [0.15, 0.2) is 5.01 Å². The number of hydrogen-bond acceptors (Lipinski definition) is 4. The summed E-state index contributed by atoms with van der Waals surface area (Å²) in [7, 11) is 0. The van der Waals surface area contributed by atoms with Gasteiger partial charge in [0.1, 0.15) is 6.29 Å². The predicted octanol–water partition coefficient (Wildman–Crippen LogP) is 0.576. The number of aliphatic hydroxyl groups is 1. The van der Waals surface area contributed by atoms with Gasteiger partial charge in [-0.25, -0.2) is 4.98 Å². The summed E-state index contributed by atoms with van der Waals surface area (Å²) < 4.78 is 0. The maximum absolute atomic E-state index is 9.90. The Morgan fingerprint density at radius 3 is 3.17 bits per heavy atom. The summed E-state index contributed by atoms with van der Waals surface area (Å²) in [4.78, 5) is 13.9. The quantitative estimate of drug-likeness (QED) is 0.536. The van der Waals surface area contributed by atoms with Crippen molar-refractivity contribution < 1.29 is 9.90 Å². The molecule has 0 aliphatic heterocycles. The van der Waals surface area contributed by atoms with Gasteiger partial charge in [-0.3, -0.25) is 0 Å². The van der Waals surface area contributed by atoms with Crippen LogP contribution in [0.15, 0.2) is 5.38 Å². The van der Waals surface area contributed by atoms with E-state index in [1.54, 1.807) is 5.38 Å². The highest BCUT2D eigenvalue weighted by atomic mass is 32.1. The summed E-state index contributed by atoms with van der Waals surface area (Å²) >= 11 is 1.36. The fourth-order valence-corrected chi connectivity index (χ4v) is 1.28. The lowest BCUT2D eigenvalue weighted by Crippen LogP contribution is -1.81. The Balaban J connectivity index is 2.65. The van der Waals surface area contributed by atoms with Gasteiger partial charge in [0.05, 0.1) is 18.7 Å². The van der Waals surface area contributed by atoms with Gasteiger partial charge >= 0.3 is 0 Å². The van der Waals surface area contributed by atoms with E-state index in [4.69, 9.17) is 5.11 Å². The van der Waals surface area contributed by atoms with Crippen LogP contribution in [-0.2, 0) is 11.4 Å². The van der Waals surface area contributed by atoms with Crippen LogP contribution in [0.5, 0.6) is 0 Å². The second kappa shape index (κ2) is 4.65. The van der Waals surface area contributed by atoms with Crippen LogP contribution in [0.4, 0.5) is 0 Å². The third-order valence-corrected chi connectivity index (χ3v) is 1.90. The molecule has 0 aromatic carbocycles. The van der Waals surface area contributed by atoms with E-state index in [0.29, 0.717) is 10.7 Å². The molecular weight excluding hydrogens is 174 g/mol. The largest absolute Gasteiger partial charge is 0.390 e. The van der Waals surface area contributed by atoms with Gasteiger partial charge in [-0.15, -0.1) is 11.3 Å². The van der Waals surface area contributed by atoms with Crippen molar-refractivity contribution >= 4 is 17.6 Å². The van der Waals surface area contributed by atoms with Crippen molar-refractivity contribution in [2.24, 2.45) is 0 Å². The number of aliphatic hydroxyl groups excluding tert-OH is 1. The second-order valence-electron chi connectivity index (χ2n) is 1.97. The van der Waals surface area contributed by atoms with E-state index < -0.39 is 0 Å². The topological polar surface area (TPSA) is 50.2 Å². The Kier molecular flexibility index (Phi) is 3.45. The number of carbonyl (C=O) groups is 1. The first kappa shape index (κ1) is 8.91. The summed E-state index contributed by atoms with van der Waals surface area (Å²) in [5, 5.41) is 11.0. The molecule has 1 rings (SSSR count). The molecule has 0 saturated heterocycles. The molecular formula is C8H7NO2S. The number of nitrogens with zero attached hydrogens (tertiary/aromatic N) is 1. The summed E-state index contributed by atoms with van der Waals surface area (Å²) in [5.41, 5.74) is 0.621. The van der Waals surface area contributed by atoms with Crippen LogP contribution in [-0.4, -0.2) is 16.4 Å². The lowest BCUT2D eigenvalue weighted by molar-refractivity contribution is -0.107. The molecule has 0 bridgehead atoms. The Bertz CT molecular complexity index is 321. The van der Waals surface area contributed by atoms with Crippen molar-refractivity contribution in [3.05, 3.63) is 16.1 Å². The maximum Gasteiger partial charge on any atom is 0.167 e. The fourth-order valence-electron chi connectivity index (χ4n) is 0.605. The van der Waals surface area contributed by atoms with E-state index in [1.165, 1.54) is 11.3 Å². The molecule has 0 unspecified atom stereocenters. The molecule has 12 heavy (non-hydrogen) atoms. The summed E-state index contributed by atoms with van der Waals surface area (Å²) in [5.74, 6) is 5.35. The number of aldehydes is 1. The number of thiazole rings is 1. The molecule has 0 fully saturated rings. The highest BCUT2D eigenvalue weighted by Crippen LogP contribution is 2.07. The average molecular weight is 181 g/mol. The fraction of sp³-hybridized carbons (Fsp3) is 0.250. The molecule has 0 spiro atoms. The minimum absolute atomic E-state index is 0.0636. The van der Waals surface area contributed by atoms with E-state index >= 15 is 0 Å². The van der Waals surface area contributed by atoms with Crippen molar-refractivity contribution in [3.8, 4) is 11.8 Å². The van der Waals surface area contributed by atoms with E-state index in [2.05, 4.69) is 16.8 Å². The lowest BCUT2D eigenvalue weighted by Gasteiger charge is -1.80. The third-order valence-electron chi connectivity index (χ3n) is 1.09. The minimum atomic E-state index is -0.0636. The molecule has 4 heteroatoms. The number of rotatable bonds is 2. The molecule has 1 aromatic heterocycles. The third kappa shape index (κ3) is 2.46. The van der Waals surface area contributed by atoms with Crippen LogP contribution in [0, 0.1) is 11.8 Å². The van der Waals surface area contributed by atoms with Crippen molar-refractivity contribution in [2.75, 3.05) is 0 Å². The summed E-state index contributed by atoms with van der Waals surface area (Å²) in [6, 6.07) is 0. The number of carbonyl (C=O) groups excluding carboxylic acids is 1. The van der Waals surface area contributed by atoms with Gasteiger partial charge in [-0.05, 0) is 5.92 Å². The van der Waals surface area contributed by atoms with Gasteiger partial charge in [0.25, 0.3) is 0 Å². The molecule has 0 aliphatic carbocycles. The standard InChI is InChI=1S/C8H7NO2S/c10-4-2-1-3-8-9-7(5-11)6-12-8/h4,6,11H,2,5H2. The molecule has 1 N–H and O–H groups in total. The van der Waals surface area contributed by atoms with Gasteiger partial charge in [-0.1, -0.05) is 5.92 Å². The monoisotopic (exact) mass is 181 g/mol. The smallest absolute Gasteiger partial charge is 0.167 e. The Hall–Kier alpha value is -1.18. The first-order valence-corrected chi connectivity index (χ1v) is 4.22. The molecule has 1 aromatic rings. The molecule has 0 aliphatic rings. The zero-order valence-corrected chi connectivity index (χ0v) is 7.10. The first-order chi connectivity index (χ1) is 5.86. The van der Waals surface area contributed by atoms with Crippen molar-refractivity contribution in [1.82, 2.24) is 4.98 Å². The molecule has 62 valence electrons. The van der Waals surface area contributed by atoms with Crippen LogP contribution in [0.1, 0.15) is 17.1 Å². The van der Waals surface area contributed by atoms with Crippen molar-refractivity contribution in [3.63, 3.8) is 0 Å². The maximum atomic E-state index is 9.90. The summed E-state index contributed by atoms with van der Waals surface area (Å²) in [6.07, 6.45) is 0.974. The van der Waals surface area contributed by atoms with Crippen molar-refractivity contribution in [1.29, 1.82) is 0 Å². The molecule has 0 saturated carbocycles. The Morgan fingerprint density at radius 1 is 1.75 bits per heavy atom. The van der Waals surface area contributed by atoms with Crippen molar-refractivity contribution in [2.45, 2.75) is 13.0 Å². The van der Waals surface area contributed by atoms with Crippen LogP contribution < -0.4 is 0 Å². The van der Waals surface area contributed by atoms with E-state index in [9.17, 15) is 4.79 Å². The highest BCUT2D eigenvalue weighted by molar-refractivity contribution is 7.10. The predicted molar refractivity (Wildman–Crippen MR) is 45.6 cm³/mol. The molecule has 0 atom stereocenters. The zero-order valence-electron chi connectivity index (χ0n) is 6.28. The molecule has 1 heterocycles.